The molecule has 6 heteroatoms. The van der Waals surface area contributed by atoms with Gasteiger partial charge in [-0.25, -0.2) is 9.97 Å². The number of anilines is 1. The number of aliphatic hydroxyl groups excluding tert-OH is 1. The van der Waals surface area contributed by atoms with E-state index in [2.05, 4.69) is 22.2 Å². The van der Waals surface area contributed by atoms with Crippen molar-refractivity contribution in [1.82, 2.24) is 9.97 Å². The number of hydrogen-bond donors (Lipinski definition) is 2. The largest absolute Gasteiger partial charge is 0.395 e. The van der Waals surface area contributed by atoms with Gasteiger partial charge in [-0.05, 0) is 24.6 Å². The molecule has 0 bridgehead atoms. The van der Waals surface area contributed by atoms with Crippen LogP contribution < -0.4 is 5.32 Å². The van der Waals surface area contributed by atoms with E-state index in [0.717, 1.165) is 16.0 Å². The summed E-state index contributed by atoms with van der Waals surface area (Å²) < 4.78 is 1.07. The number of thiophene rings is 1. The zero-order chi connectivity index (χ0) is 12.3. The number of nitrogens with one attached hydrogen (secondary N) is 1. The maximum atomic E-state index is 9.26. The van der Waals surface area contributed by atoms with E-state index >= 15 is 0 Å². The maximum absolute atomic E-state index is 9.26. The minimum Gasteiger partial charge on any atom is -0.395 e. The first-order chi connectivity index (χ1) is 8.26. The third kappa shape index (κ3) is 2.70. The van der Waals surface area contributed by atoms with Gasteiger partial charge in [-0.1, -0.05) is 0 Å². The average Bonchev–Trinajstić information content (AvgIpc) is 2.80. The molecule has 2 rings (SSSR count). The normalized spacial score (nSPS) is 14.8. The molecule has 2 aromatic heterocycles. The van der Waals surface area contributed by atoms with Crippen LogP contribution in [0.15, 0.2) is 17.8 Å². The van der Waals surface area contributed by atoms with Gasteiger partial charge in [0.2, 0.25) is 0 Å². The minimum atomic E-state index is 0.161. The molecule has 0 saturated heterocycles. The van der Waals surface area contributed by atoms with Crippen molar-refractivity contribution in [3.05, 3.63) is 17.8 Å². The van der Waals surface area contributed by atoms with Crippen molar-refractivity contribution in [3.63, 3.8) is 0 Å². The summed E-state index contributed by atoms with van der Waals surface area (Å²) in [5, 5.41) is 14.8. The molecular weight excluding hydrogens is 254 g/mol. The maximum Gasteiger partial charge on any atom is 0.147 e. The Labute approximate surface area is 108 Å². The van der Waals surface area contributed by atoms with Crippen molar-refractivity contribution in [2.24, 2.45) is 0 Å². The highest BCUT2D eigenvalue weighted by Crippen LogP contribution is 2.26. The molecule has 0 aliphatic rings. The summed E-state index contributed by atoms with van der Waals surface area (Å²) in [6.07, 6.45) is 3.57. The van der Waals surface area contributed by atoms with Crippen molar-refractivity contribution >= 4 is 39.1 Å². The molecule has 0 aliphatic heterocycles. The Balaban J connectivity index is 2.20. The summed E-state index contributed by atoms with van der Waals surface area (Å²) >= 11 is 3.28. The minimum absolute atomic E-state index is 0.161. The molecule has 2 N–H and O–H groups in total. The zero-order valence-corrected chi connectivity index (χ0v) is 11.4. The van der Waals surface area contributed by atoms with Gasteiger partial charge in [-0.15, -0.1) is 11.3 Å². The van der Waals surface area contributed by atoms with Gasteiger partial charge in [0.25, 0.3) is 0 Å². The van der Waals surface area contributed by atoms with Crippen molar-refractivity contribution in [2.45, 2.75) is 18.2 Å². The second-order valence-corrected chi connectivity index (χ2v) is 5.74. The lowest BCUT2D eigenvalue weighted by molar-refractivity contribution is 0.288. The third-order valence-corrected chi connectivity index (χ3v) is 4.72. The monoisotopic (exact) mass is 269 g/mol. The van der Waals surface area contributed by atoms with Crippen molar-refractivity contribution in [1.29, 1.82) is 0 Å². The summed E-state index contributed by atoms with van der Waals surface area (Å²) in [6.45, 7) is 2.22. The molecule has 17 heavy (non-hydrogen) atoms. The molecular formula is C11H15N3OS2. The zero-order valence-electron chi connectivity index (χ0n) is 9.75. The number of aliphatic hydroxyl groups is 1. The summed E-state index contributed by atoms with van der Waals surface area (Å²) in [7, 11) is 0. The van der Waals surface area contributed by atoms with E-state index in [1.807, 2.05) is 17.7 Å². The molecule has 2 aromatic rings. The first kappa shape index (κ1) is 12.6. The van der Waals surface area contributed by atoms with Crippen molar-refractivity contribution in [2.75, 3.05) is 18.2 Å². The molecule has 2 heterocycles. The van der Waals surface area contributed by atoms with Crippen LogP contribution in [0.3, 0.4) is 0 Å². The summed E-state index contributed by atoms with van der Waals surface area (Å²) in [6, 6.07) is 2.14. The van der Waals surface area contributed by atoms with E-state index in [1.165, 1.54) is 0 Å². The lowest BCUT2D eigenvalue weighted by atomic mass is 10.2. The highest BCUT2D eigenvalue weighted by Gasteiger charge is 2.16. The van der Waals surface area contributed by atoms with Crippen LogP contribution in [0.4, 0.5) is 5.82 Å². The number of fused-ring (bicyclic) bond motifs is 1. The van der Waals surface area contributed by atoms with Gasteiger partial charge >= 0.3 is 0 Å². The molecule has 0 aliphatic carbocycles. The molecule has 0 amide bonds. The van der Waals surface area contributed by atoms with Crippen LogP contribution in [0.2, 0.25) is 0 Å². The topological polar surface area (TPSA) is 58.0 Å². The van der Waals surface area contributed by atoms with Gasteiger partial charge in [0.1, 0.15) is 12.1 Å². The predicted octanol–water partition coefficient (Wildman–Crippen LogP) is 2.22. The average molecular weight is 269 g/mol. The smallest absolute Gasteiger partial charge is 0.147 e. The Morgan fingerprint density at radius 1 is 1.53 bits per heavy atom. The predicted molar refractivity (Wildman–Crippen MR) is 74.9 cm³/mol. The van der Waals surface area contributed by atoms with E-state index < -0.39 is 0 Å². The molecule has 0 unspecified atom stereocenters. The summed E-state index contributed by atoms with van der Waals surface area (Å²) in [5.74, 6) is 0.852. The molecule has 0 fully saturated rings. The molecule has 0 spiro atoms. The fourth-order valence-corrected chi connectivity index (χ4v) is 3.06. The van der Waals surface area contributed by atoms with E-state index in [1.54, 1.807) is 29.4 Å². The number of hydrogen-bond acceptors (Lipinski definition) is 6. The Morgan fingerprint density at radius 3 is 3.06 bits per heavy atom. The summed E-state index contributed by atoms with van der Waals surface area (Å²) in [5.41, 5.74) is 0.962. The molecule has 92 valence electrons. The molecule has 0 radical (unpaired) electrons. The van der Waals surface area contributed by atoms with E-state index in [0.29, 0.717) is 0 Å². The molecule has 0 aromatic carbocycles. The molecule has 2 atom stereocenters. The fourth-order valence-electron chi connectivity index (χ4n) is 1.64. The van der Waals surface area contributed by atoms with Crippen LogP contribution >= 0.6 is 23.1 Å². The van der Waals surface area contributed by atoms with Crippen molar-refractivity contribution < 1.29 is 5.11 Å². The second kappa shape index (κ2) is 5.66. The van der Waals surface area contributed by atoms with Crippen LogP contribution in [0.25, 0.3) is 10.2 Å². The number of rotatable bonds is 5. The fraction of sp³-hybridized carbons (Fsp3) is 0.455. The third-order valence-electron chi connectivity index (χ3n) is 2.65. The van der Waals surface area contributed by atoms with Gasteiger partial charge in [0.15, 0.2) is 0 Å². The van der Waals surface area contributed by atoms with E-state index in [-0.39, 0.29) is 17.9 Å². The quantitative estimate of drug-likeness (QED) is 0.871. The standard InChI is InChI=1S/C11H15N3OS2/c1-7(9(5-15)16-2)14-11-10-8(3-4-17-10)12-6-13-11/h3-4,6-7,9,15H,5H2,1-2H3,(H,12,13,14)/t7-,9-/m1/s1. The Morgan fingerprint density at radius 2 is 2.35 bits per heavy atom. The van der Waals surface area contributed by atoms with Crippen molar-refractivity contribution in [3.8, 4) is 0 Å². The van der Waals surface area contributed by atoms with E-state index in [4.69, 9.17) is 0 Å². The summed E-state index contributed by atoms with van der Waals surface area (Å²) in [4.78, 5) is 8.47. The molecule has 0 saturated carbocycles. The van der Waals surface area contributed by atoms with Crippen LogP contribution in [-0.2, 0) is 0 Å². The van der Waals surface area contributed by atoms with E-state index in [9.17, 15) is 5.11 Å². The Hall–Kier alpha value is -0.850. The first-order valence-electron chi connectivity index (χ1n) is 5.34. The first-order valence-corrected chi connectivity index (χ1v) is 7.51. The van der Waals surface area contributed by atoms with Crippen LogP contribution in [0.1, 0.15) is 6.92 Å². The van der Waals surface area contributed by atoms with Gasteiger partial charge in [-0.2, -0.15) is 11.8 Å². The number of thioether (sulfide) groups is 1. The van der Waals surface area contributed by atoms with Crippen LogP contribution in [0, 0.1) is 0 Å². The van der Waals surface area contributed by atoms with Gasteiger partial charge in [0.05, 0.1) is 16.8 Å². The SMILES string of the molecule is CS[C@H](CO)[C@@H](C)Nc1ncnc2ccsc12. The Bertz CT molecular complexity index is 484. The Kier molecular flexibility index (Phi) is 4.20. The van der Waals surface area contributed by atoms with Gasteiger partial charge in [-0.3, -0.25) is 0 Å². The lowest BCUT2D eigenvalue weighted by Gasteiger charge is -2.21. The number of aromatic nitrogens is 2. The second-order valence-electron chi connectivity index (χ2n) is 3.75. The van der Waals surface area contributed by atoms with Crippen LogP contribution in [0.5, 0.6) is 0 Å². The highest BCUT2D eigenvalue weighted by atomic mass is 32.2. The van der Waals surface area contributed by atoms with Gasteiger partial charge in [0, 0.05) is 11.3 Å². The van der Waals surface area contributed by atoms with Gasteiger partial charge < -0.3 is 10.4 Å². The highest BCUT2D eigenvalue weighted by molar-refractivity contribution is 7.99. The molecule has 4 nitrogen and oxygen atoms in total. The number of nitrogens with zero attached hydrogens (tertiary/aromatic N) is 2. The lowest BCUT2D eigenvalue weighted by Crippen LogP contribution is -2.31. The van der Waals surface area contributed by atoms with Crippen LogP contribution in [-0.4, -0.2) is 39.2 Å².